The van der Waals surface area contributed by atoms with Crippen LogP contribution >= 0.6 is 0 Å². The van der Waals surface area contributed by atoms with Crippen molar-refractivity contribution in [3.8, 4) is 12.1 Å². The van der Waals surface area contributed by atoms with Gasteiger partial charge in [-0.25, -0.2) is 0 Å². The highest BCUT2D eigenvalue weighted by Gasteiger charge is 2.29. The molecule has 4 nitrogen and oxygen atoms in total. The second kappa shape index (κ2) is 8.34. The summed E-state index contributed by atoms with van der Waals surface area (Å²) in [4.78, 5) is 14.6. The molecule has 0 aliphatic carbocycles. The molecule has 0 spiro atoms. The first kappa shape index (κ1) is 18.4. The molecule has 2 aromatic rings. The zero-order valence-corrected chi connectivity index (χ0v) is 15.3. The van der Waals surface area contributed by atoms with Gasteiger partial charge in [0.15, 0.2) is 0 Å². The van der Waals surface area contributed by atoms with Gasteiger partial charge in [-0.3, -0.25) is 4.79 Å². The average Bonchev–Trinajstić information content (AvgIpc) is 3.22. The summed E-state index contributed by atoms with van der Waals surface area (Å²) in [6.45, 7) is 3.19. The quantitative estimate of drug-likeness (QED) is 0.612. The van der Waals surface area contributed by atoms with Gasteiger partial charge in [0.2, 0.25) is 0 Å². The van der Waals surface area contributed by atoms with E-state index < -0.39 is 0 Å². The molecule has 0 N–H and O–H groups in total. The van der Waals surface area contributed by atoms with Gasteiger partial charge in [-0.15, -0.1) is 0 Å². The summed E-state index contributed by atoms with van der Waals surface area (Å²) in [6, 6.07) is 21.6. The van der Waals surface area contributed by atoms with E-state index in [2.05, 4.69) is 12.1 Å². The molecule has 27 heavy (non-hydrogen) atoms. The number of benzene rings is 2. The summed E-state index contributed by atoms with van der Waals surface area (Å²) in [6.07, 6.45) is 2.59. The molecule has 1 unspecified atom stereocenters. The van der Waals surface area contributed by atoms with Crippen molar-refractivity contribution in [3.05, 3.63) is 82.9 Å². The number of allylic oxidation sites excluding steroid dienone is 1. The zero-order chi connectivity index (χ0) is 19.2. The topological polar surface area (TPSA) is 67.9 Å². The van der Waals surface area contributed by atoms with E-state index in [1.54, 1.807) is 17.0 Å². The number of likely N-dealkylation sites (tertiary alicyclic amines) is 1. The maximum Gasteiger partial charge on any atom is 0.264 e. The number of hydrogen-bond donors (Lipinski definition) is 0. The van der Waals surface area contributed by atoms with Crippen LogP contribution in [0.5, 0.6) is 0 Å². The minimum atomic E-state index is -0.209. The second-order valence-corrected chi connectivity index (χ2v) is 6.87. The largest absolute Gasteiger partial charge is 0.337 e. The van der Waals surface area contributed by atoms with Crippen molar-refractivity contribution < 1.29 is 4.79 Å². The van der Waals surface area contributed by atoms with Crippen LogP contribution in [0.15, 0.2) is 66.2 Å². The number of nitriles is 2. The number of amides is 1. The Balaban J connectivity index is 1.72. The first-order valence-corrected chi connectivity index (χ1v) is 9.08. The van der Waals surface area contributed by atoms with Gasteiger partial charge >= 0.3 is 0 Å². The van der Waals surface area contributed by atoms with E-state index in [4.69, 9.17) is 5.26 Å². The van der Waals surface area contributed by atoms with Crippen LogP contribution in [-0.4, -0.2) is 23.9 Å². The molecule has 0 saturated carbocycles. The fourth-order valence-electron chi connectivity index (χ4n) is 3.51. The monoisotopic (exact) mass is 355 g/mol. The van der Waals surface area contributed by atoms with E-state index in [9.17, 15) is 10.1 Å². The number of nitrogens with zero attached hydrogens (tertiary/aromatic N) is 3. The Bertz CT molecular complexity index is 934. The summed E-state index contributed by atoms with van der Waals surface area (Å²) < 4.78 is 0. The fraction of sp³-hybridized carbons (Fsp3) is 0.261. The van der Waals surface area contributed by atoms with Crippen LogP contribution in [0.2, 0.25) is 0 Å². The molecule has 1 aliphatic heterocycles. The molecular formula is C23H21N3O. The Morgan fingerprint density at radius 1 is 1.19 bits per heavy atom. The predicted octanol–water partition coefficient (Wildman–Crippen LogP) is 4.13. The molecule has 1 fully saturated rings. The van der Waals surface area contributed by atoms with Crippen molar-refractivity contribution in [1.29, 1.82) is 10.5 Å². The molecule has 1 saturated heterocycles. The third-order valence-electron chi connectivity index (χ3n) is 5.06. The molecule has 2 atom stereocenters. The van der Waals surface area contributed by atoms with Crippen LogP contribution in [0.25, 0.3) is 0 Å². The third-order valence-corrected chi connectivity index (χ3v) is 5.06. The number of hydrogen-bond acceptors (Lipinski definition) is 3. The van der Waals surface area contributed by atoms with Gasteiger partial charge in [0.25, 0.3) is 5.91 Å². The first-order valence-electron chi connectivity index (χ1n) is 9.08. The van der Waals surface area contributed by atoms with Gasteiger partial charge in [-0.1, -0.05) is 55.5 Å². The summed E-state index contributed by atoms with van der Waals surface area (Å²) in [5.41, 5.74) is 2.97. The van der Waals surface area contributed by atoms with Crippen molar-refractivity contribution in [2.75, 3.05) is 13.1 Å². The fourth-order valence-corrected chi connectivity index (χ4v) is 3.51. The second-order valence-electron chi connectivity index (χ2n) is 6.87. The van der Waals surface area contributed by atoms with Gasteiger partial charge in [0.1, 0.15) is 11.6 Å². The van der Waals surface area contributed by atoms with Crippen LogP contribution in [0.4, 0.5) is 0 Å². The van der Waals surface area contributed by atoms with Crippen LogP contribution < -0.4 is 0 Å². The lowest BCUT2D eigenvalue weighted by Gasteiger charge is -2.17. The lowest BCUT2D eigenvalue weighted by molar-refractivity contribution is -0.125. The zero-order valence-electron chi connectivity index (χ0n) is 15.3. The predicted molar refractivity (Wildman–Crippen MR) is 104 cm³/mol. The highest BCUT2D eigenvalue weighted by Crippen LogP contribution is 2.29. The summed E-state index contributed by atoms with van der Waals surface area (Å²) in [7, 11) is 0. The van der Waals surface area contributed by atoms with Crippen molar-refractivity contribution in [2.24, 2.45) is 0 Å². The van der Waals surface area contributed by atoms with Gasteiger partial charge in [-0.2, -0.15) is 10.5 Å². The van der Waals surface area contributed by atoms with E-state index in [1.165, 1.54) is 0 Å². The van der Waals surface area contributed by atoms with Crippen molar-refractivity contribution in [2.45, 2.75) is 25.2 Å². The lowest BCUT2D eigenvalue weighted by atomic mass is 9.97. The van der Waals surface area contributed by atoms with Gasteiger partial charge < -0.3 is 4.90 Å². The molecule has 0 bridgehead atoms. The summed E-state index contributed by atoms with van der Waals surface area (Å²) in [5.74, 6) is -0.0107. The molecular weight excluding hydrogens is 334 g/mol. The first-order chi connectivity index (χ1) is 13.1. The third kappa shape index (κ3) is 4.25. The van der Waals surface area contributed by atoms with Crippen LogP contribution in [0.3, 0.4) is 0 Å². The lowest BCUT2D eigenvalue weighted by Crippen LogP contribution is -2.29. The normalized spacial score (nSPS) is 17.8. The van der Waals surface area contributed by atoms with E-state index in [1.807, 2.05) is 55.5 Å². The highest BCUT2D eigenvalue weighted by atomic mass is 16.2. The Labute approximate surface area is 160 Å². The van der Waals surface area contributed by atoms with E-state index in [-0.39, 0.29) is 23.3 Å². The number of rotatable bonds is 4. The van der Waals surface area contributed by atoms with E-state index in [0.717, 1.165) is 17.5 Å². The summed E-state index contributed by atoms with van der Waals surface area (Å²) in [5, 5.41) is 18.6. The Morgan fingerprint density at radius 3 is 2.67 bits per heavy atom. The maximum absolute atomic E-state index is 12.8. The minimum Gasteiger partial charge on any atom is -0.337 e. The van der Waals surface area contributed by atoms with Gasteiger partial charge in [0.05, 0.1) is 11.6 Å². The molecule has 0 radical (unpaired) electrons. The smallest absolute Gasteiger partial charge is 0.264 e. The molecule has 1 amide bonds. The Kier molecular flexibility index (Phi) is 5.69. The molecule has 0 aromatic heterocycles. The highest BCUT2D eigenvalue weighted by molar-refractivity contribution is 5.97. The molecule has 1 heterocycles. The molecule has 3 rings (SSSR count). The molecule has 1 aliphatic rings. The van der Waals surface area contributed by atoms with E-state index in [0.29, 0.717) is 18.7 Å². The molecule has 2 aromatic carbocycles. The standard InChI is InChI=1S/C23H21N3O/c1-17(19-7-3-2-4-8-19)12-22(15-25)23(27)26-11-10-21(16-26)20-9-5-6-18(13-20)14-24/h2-9,12-13,17,21H,10-11,16H2,1H3/b22-12+/t17-,21?/m1/s1. The van der Waals surface area contributed by atoms with Crippen molar-refractivity contribution >= 4 is 5.91 Å². The minimum absolute atomic E-state index is 0.00416. The maximum atomic E-state index is 12.8. The van der Waals surface area contributed by atoms with Gasteiger partial charge in [0, 0.05) is 24.9 Å². The van der Waals surface area contributed by atoms with Crippen LogP contribution in [0, 0.1) is 22.7 Å². The van der Waals surface area contributed by atoms with Crippen LogP contribution in [0.1, 0.15) is 41.9 Å². The molecule has 4 heteroatoms. The van der Waals surface area contributed by atoms with Crippen molar-refractivity contribution in [3.63, 3.8) is 0 Å². The molecule has 134 valence electrons. The van der Waals surface area contributed by atoms with E-state index >= 15 is 0 Å². The van der Waals surface area contributed by atoms with Crippen molar-refractivity contribution in [1.82, 2.24) is 4.90 Å². The van der Waals surface area contributed by atoms with Gasteiger partial charge in [-0.05, 0) is 29.7 Å². The Morgan fingerprint density at radius 2 is 1.96 bits per heavy atom. The number of carbonyl (C=O) groups excluding carboxylic acids is 1. The Hall–Kier alpha value is -3.37. The van der Waals surface area contributed by atoms with Crippen LogP contribution in [-0.2, 0) is 4.79 Å². The number of carbonyl (C=O) groups is 1. The average molecular weight is 355 g/mol. The summed E-state index contributed by atoms with van der Waals surface area (Å²) >= 11 is 0. The SMILES string of the molecule is C[C@H](/C=C(\C#N)C(=O)N1CCC(c2cccc(C#N)c2)C1)c1ccccc1.